The molecule has 6 aromatic carbocycles. The van der Waals surface area contributed by atoms with Gasteiger partial charge in [-0.3, -0.25) is 14.4 Å². The van der Waals surface area contributed by atoms with Crippen molar-refractivity contribution < 1.29 is 40.7 Å². The number of carbonyl (C=O) groups excluding carboxylic acids is 3. The van der Waals surface area contributed by atoms with E-state index < -0.39 is 22.6 Å². The van der Waals surface area contributed by atoms with Crippen molar-refractivity contribution in [2.75, 3.05) is 67.5 Å². The van der Waals surface area contributed by atoms with E-state index in [-0.39, 0.29) is 46.8 Å². The van der Waals surface area contributed by atoms with E-state index in [0.717, 1.165) is 94.0 Å². The number of nitrogens with one attached hydrogen (secondary N) is 1. The lowest BCUT2D eigenvalue weighted by Crippen LogP contribution is -3.00. The standard InChI is InChI=1S/C32H37N7O2.C18H20NO.C14H18N6O.BrH/c1-37(2)30(41)32(26-14-8-4-9-15-26,27-16-10-5-11-17-27)20-23-38-21-18-31(19-22-38,25-12-6-3-7-13-25)29-34-36-39(35-29)24-28(33)40;1-19(2)17-18(13-14-20-17,15-9-5-3-6-10-15)16-11-7-4-8-12-16;15-12(21)10-20-18-13(17-19-20)14(6-8-16-9-7-14)11-4-2-1-3-5-11;/h3-17H,18-24H2,1-2H3,(H2,33,40);3-12H,13-14H2,1-2H3;1-5,16H,6-10H2,(H2,15,21);1H/q;+1;;/p-1. The van der Waals surface area contributed by atoms with Crippen LogP contribution in [-0.2, 0) is 53.9 Å². The average Bonchev–Trinajstić information content (AvgIpc) is 4.38. The number of nitrogens with two attached hydrogens (primary N) is 2. The molecule has 5 heterocycles. The minimum absolute atomic E-state index is 0. The zero-order valence-electron chi connectivity index (χ0n) is 47.8. The number of ether oxygens (including phenoxy) is 1. The summed E-state index contributed by atoms with van der Waals surface area (Å²) in [5, 5.41) is 29.0. The Morgan fingerprint density at radius 3 is 1.35 bits per heavy atom. The van der Waals surface area contributed by atoms with Crippen LogP contribution in [0.1, 0.15) is 83.6 Å². The number of nitrogens with zero attached hydrogens (tertiary/aromatic N) is 11. The Labute approximate surface area is 496 Å². The Bertz CT molecular complexity index is 3290. The number of tetrazole rings is 2. The van der Waals surface area contributed by atoms with E-state index in [1.807, 2.05) is 86.9 Å². The van der Waals surface area contributed by atoms with E-state index in [2.05, 4.69) is 169 Å². The van der Waals surface area contributed by atoms with Gasteiger partial charge >= 0.3 is 5.90 Å². The molecule has 0 unspecified atom stereocenters. The summed E-state index contributed by atoms with van der Waals surface area (Å²) in [6.07, 6.45) is 4.99. The fraction of sp³-hybridized carbons (Fsp3) is 0.344. The molecule has 432 valence electrons. The van der Waals surface area contributed by atoms with Gasteiger partial charge in [-0.05, 0) is 109 Å². The molecule has 5 N–H and O–H groups in total. The molecule has 0 spiro atoms. The highest BCUT2D eigenvalue weighted by atomic mass is 79.9. The van der Waals surface area contributed by atoms with Crippen LogP contribution in [0.4, 0.5) is 0 Å². The van der Waals surface area contributed by atoms with Crippen molar-refractivity contribution in [2.24, 2.45) is 11.5 Å². The van der Waals surface area contributed by atoms with Gasteiger partial charge in [-0.1, -0.05) is 182 Å². The Balaban J connectivity index is 0.000000179. The van der Waals surface area contributed by atoms with Crippen LogP contribution in [0.2, 0.25) is 0 Å². The third-order valence-corrected chi connectivity index (χ3v) is 16.3. The number of likely N-dealkylation sites (tertiary alicyclic amines) is 1. The summed E-state index contributed by atoms with van der Waals surface area (Å²) in [5.74, 6) is 1.39. The first-order valence-corrected chi connectivity index (χ1v) is 28.1. The van der Waals surface area contributed by atoms with Crippen molar-refractivity contribution in [1.29, 1.82) is 0 Å². The van der Waals surface area contributed by atoms with E-state index >= 15 is 0 Å². The summed E-state index contributed by atoms with van der Waals surface area (Å²) in [6.45, 7) is 4.76. The summed E-state index contributed by atoms with van der Waals surface area (Å²) in [7, 11) is 7.77. The lowest BCUT2D eigenvalue weighted by molar-refractivity contribution is -0.476. The van der Waals surface area contributed by atoms with Crippen LogP contribution in [-0.4, -0.2) is 146 Å². The van der Waals surface area contributed by atoms with E-state index in [0.29, 0.717) is 18.1 Å². The number of amides is 3. The van der Waals surface area contributed by atoms with Crippen molar-refractivity contribution >= 4 is 23.6 Å². The molecule has 0 radical (unpaired) electrons. The third-order valence-electron chi connectivity index (χ3n) is 16.3. The van der Waals surface area contributed by atoms with E-state index in [4.69, 9.17) is 16.2 Å². The summed E-state index contributed by atoms with van der Waals surface area (Å²) in [5.41, 5.74) is 15.8. The smallest absolute Gasteiger partial charge is 0.351 e. The Hall–Kier alpha value is -8.26. The number of aromatic nitrogens is 8. The van der Waals surface area contributed by atoms with E-state index in [9.17, 15) is 14.4 Å². The molecule has 3 fully saturated rings. The second kappa shape index (κ2) is 27.7. The molecular formula is C64H75BrN14O4. The Morgan fingerprint density at radius 1 is 0.578 bits per heavy atom. The quantitative estimate of drug-likeness (QED) is 0.119. The Morgan fingerprint density at radius 2 is 0.964 bits per heavy atom. The molecule has 0 saturated carbocycles. The first-order chi connectivity index (χ1) is 39.8. The molecule has 0 aliphatic carbocycles. The van der Waals surface area contributed by atoms with Gasteiger partial charge in [-0.2, -0.15) is 9.59 Å². The largest absolute Gasteiger partial charge is 1.00 e. The second-order valence-electron chi connectivity index (χ2n) is 21.7. The first kappa shape index (κ1) is 60.8. The fourth-order valence-electron chi connectivity index (χ4n) is 12.2. The van der Waals surface area contributed by atoms with Gasteiger partial charge in [0.2, 0.25) is 17.7 Å². The van der Waals surface area contributed by atoms with Crippen molar-refractivity contribution in [2.45, 2.75) is 73.3 Å². The number of rotatable bonds is 16. The molecule has 8 aromatic rings. The third kappa shape index (κ3) is 13.3. The summed E-state index contributed by atoms with van der Waals surface area (Å²) < 4.78 is 8.09. The normalized spacial score (nSPS) is 16.1. The van der Waals surface area contributed by atoms with Crippen LogP contribution in [0.15, 0.2) is 182 Å². The zero-order chi connectivity index (χ0) is 57.6. The molecule has 19 heteroatoms. The van der Waals surface area contributed by atoms with Gasteiger partial charge < -0.3 is 48.3 Å². The molecule has 2 aromatic heterocycles. The highest BCUT2D eigenvalue weighted by molar-refractivity contribution is 5.92. The molecule has 11 rings (SSSR count). The summed E-state index contributed by atoms with van der Waals surface area (Å²) in [6, 6.07) is 62.1. The number of hydrogen-bond donors (Lipinski definition) is 3. The highest BCUT2D eigenvalue weighted by Gasteiger charge is 2.51. The maximum Gasteiger partial charge on any atom is 0.351 e. The van der Waals surface area contributed by atoms with Crippen LogP contribution in [0.5, 0.6) is 0 Å². The highest BCUT2D eigenvalue weighted by Crippen LogP contribution is 2.44. The van der Waals surface area contributed by atoms with Gasteiger partial charge in [0, 0.05) is 20.5 Å². The van der Waals surface area contributed by atoms with Crippen molar-refractivity contribution in [3.8, 4) is 0 Å². The topological polar surface area (TPSA) is 221 Å². The maximum absolute atomic E-state index is 14.0. The number of piperidine rings is 2. The van der Waals surface area contributed by atoms with Crippen LogP contribution < -0.4 is 33.8 Å². The predicted molar refractivity (Wildman–Crippen MR) is 315 cm³/mol. The van der Waals surface area contributed by atoms with Gasteiger partial charge in [-0.25, -0.2) is 4.58 Å². The lowest BCUT2D eigenvalue weighted by Gasteiger charge is -2.42. The molecule has 18 nitrogen and oxygen atoms in total. The summed E-state index contributed by atoms with van der Waals surface area (Å²) >= 11 is 0. The molecule has 0 atom stereocenters. The lowest BCUT2D eigenvalue weighted by atomic mass is 9.70. The number of primary amides is 2. The van der Waals surface area contributed by atoms with Crippen LogP contribution in [0.25, 0.3) is 0 Å². The zero-order valence-corrected chi connectivity index (χ0v) is 49.4. The van der Waals surface area contributed by atoms with Crippen molar-refractivity contribution in [3.63, 3.8) is 0 Å². The van der Waals surface area contributed by atoms with Gasteiger partial charge in [0.15, 0.2) is 11.6 Å². The second-order valence-corrected chi connectivity index (χ2v) is 21.7. The summed E-state index contributed by atoms with van der Waals surface area (Å²) in [4.78, 5) is 43.2. The minimum atomic E-state index is -0.807. The minimum Gasteiger partial charge on any atom is -1.00 e. The van der Waals surface area contributed by atoms with Gasteiger partial charge in [-0.15, -0.1) is 20.4 Å². The van der Waals surface area contributed by atoms with E-state index in [1.165, 1.54) is 26.3 Å². The van der Waals surface area contributed by atoms with E-state index in [1.54, 1.807) is 4.90 Å². The number of likely N-dealkylation sites (N-methyl/N-ethyl adjacent to an activating group) is 1. The van der Waals surface area contributed by atoms with Crippen molar-refractivity contribution in [1.82, 2.24) is 55.5 Å². The molecule has 3 amide bonds. The first-order valence-electron chi connectivity index (χ1n) is 28.1. The van der Waals surface area contributed by atoms with Crippen LogP contribution >= 0.6 is 0 Å². The molecule has 3 aliphatic heterocycles. The molecule has 83 heavy (non-hydrogen) atoms. The van der Waals surface area contributed by atoms with Crippen LogP contribution in [0.3, 0.4) is 0 Å². The average molecular weight is 1180 g/mol. The Kier molecular flexibility index (Phi) is 20.3. The SMILES string of the molecule is CN(C)C(=O)C(CCN1CCC(c2ccccc2)(c2nnn(CC(N)=O)n2)CC1)(c1ccccc1)c1ccccc1.C[N+](C)=C1OCCC1(c1ccccc1)c1ccccc1.NC(=O)Cn1nnc(C2(c3ccccc3)CCNCC2)n1.[Br-]. The van der Waals surface area contributed by atoms with Gasteiger partial charge in [0.25, 0.3) is 0 Å². The molecule has 0 bridgehead atoms. The molecule has 3 aliphatic rings. The van der Waals surface area contributed by atoms with Crippen LogP contribution in [0, 0.1) is 0 Å². The number of halogens is 1. The van der Waals surface area contributed by atoms with Gasteiger partial charge in [0.05, 0.1) is 17.4 Å². The monoisotopic (exact) mass is 1180 g/mol. The maximum atomic E-state index is 14.0. The molecular weight excluding hydrogens is 1110 g/mol. The number of carbonyl (C=O) groups is 3. The number of hydrogen-bond acceptors (Lipinski definition) is 12. The number of benzene rings is 6. The van der Waals surface area contributed by atoms with Gasteiger partial charge in [0.1, 0.15) is 38.0 Å². The molecule has 3 saturated heterocycles. The fourth-order valence-corrected chi connectivity index (χ4v) is 12.2. The predicted octanol–water partition coefficient (Wildman–Crippen LogP) is 2.90. The van der Waals surface area contributed by atoms with Crippen molar-refractivity contribution in [3.05, 3.63) is 227 Å².